The first-order valence-electron chi connectivity index (χ1n) is 14.2. The number of unbranched alkanes of at least 4 members (excludes halogenated alkanes) is 16. The maximum atomic E-state index is 12.1. The van der Waals surface area contributed by atoms with Gasteiger partial charge in [0.25, 0.3) is 0 Å². The summed E-state index contributed by atoms with van der Waals surface area (Å²) in [5.74, 6) is -4.91. The standard InChI is InChI=1S/C28H50O8/c1-3-5-7-9-11-13-15-17-19-21-23(29)35-25(27(31)32)26(28(33)34)36-24(30)22-20-18-16-14-12-10-8-6-4-2/h25-26H,3-22H2,1-2H3,(H,31,32)(H,33,34)/t25-,26-/m1/s1. The van der Waals surface area contributed by atoms with Crippen molar-refractivity contribution in [2.45, 2.75) is 154 Å². The van der Waals surface area contributed by atoms with E-state index in [0.29, 0.717) is 12.8 Å². The van der Waals surface area contributed by atoms with Crippen LogP contribution in [0.4, 0.5) is 0 Å². The summed E-state index contributed by atoms with van der Waals surface area (Å²) < 4.78 is 9.82. The maximum Gasteiger partial charge on any atom is 0.349 e. The minimum Gasteiger partial charge on any atom is -0.478 e. The number of carboxylic acids is 2. The summed E-state index contributed by atoms with van der Waals surface area (Å²) in [6.07, 6.45) is 14.9. The summed E-state index contributed by atoms with van der Waals surface area (Å²) >= 11 is 0. The van der Waals surface area contributed by atoms with Crippen molar-refractivity contribution < 1.29 is 38.9 Å². The van der Waals surface area contributed by atoms with E-state index in [1.54, 1.807) is 0 Å². The second-order valence-corrected chi connectivity index (χ2v) is 9.65. The van der Waals surface area contributed by atoms with Crippen LogP contribution in [0.5, 0.6) is 0 Å². The van der Waals surface area contributed by atoms with Crippen molar-refractivity contribution in [3.8, 4) is 0 Å². The van der Waals surface area contributed by atoms with E-state index in [1.165, 1.54) is 51.4 Å². The van der Waals surface area contributed by atoms with Crippen molar-refractivity contribution in [1.29, 1.82) is 0 Å². The molecule has 0 saturated heterocycles. The van der Waals surface area contributed by atoms with E-state index >= 15 is 0 Å². The predicted octanol–water partition coefficient (Wildman–Crippen LogP) is 6.82. The molecule has 8 nitrogen and oxygen atoms in total. The Labute approximate surface area is 217 Å². The largest absolute Gasteiger partial charge is 0.478 e. The molecule has 0 radical (unpaired) electrons. The molecule has 36 heavy (non-hydrogen) atoms. The van der Waals surface area contributed by atoms with Crippen LogP contribution in [-0.4, -0.2) is 46.3 Å². The first-order valence-corrected chi connectivity index (χ1v) is 14.2. The van der Waals surface area contributed by atoms with Crippen LogP contribution in [0, 0.1) is 0 Å². The molecule has 0 bridgehead atoms. The number of aliphatic carboxylic acids is 2. The molecule has 0 aliphatic heterocycles. The number of carboxylic acid groups (broad SMARTS) is 2. The molecule has 8 heteroatoms. The number of esters is 2. The molecular formula is C28H50O8. The average Bonchev–Trinajstić information content (AvgIpc) is 2.83. The quantitative estimate of drug-likeness (QED) is 0.100. The highest BCUT2D eigenvalue weighted by Gasteiger charge is 2.40. The highest BCUT2D eigenvalue weighted by atomic mass is 16.6. The van der Waals surface area contributed by atoms with Crippen LogP contribution < -0.4 is 0 Å². The zero-order valence-electron chi connectivity index (χ0n) is 22.6. The molecule has 210 valence electrons. The van der Waals surface area contributed by atoms with Crippen molar-refractivity contribution in [3.63, 3.8) is 0 Å². The smallest absolute Gasteiger partial charge is 0.349 e. The second-order valence-electron chi connectivity index (χ2n) is 9.65. The number of carbonyl (C=O) groups excluding carboxylic acids is 2. The lowest BCUT2D eigenvalue weighted by Crippen LogP contribution is -2.45. The monoisotopic (exact) mass is 514 g/mol. The van der Waals surface area contributed by atoms with Gasteiger partial charge >= 0.3 is 23.9 Å². The van der Waals surface area contributed by atoms with Crippen LogP contribution in [0.1, 0.15) is 142 Å². The van der Waals surface area contributed by atoms with Crippen molar-refractivity contribution in [3.05, 3.63) is 0 Å². The third kappa shape index (κ3) is 19.1. The molecule has 0 fully saturated rings. The summed E-state index contributed by atoms with van der Waals surface area (Å²) in [6.45, 7) is 4.35. The highest BCUT2D eigenvalue weighted by molar-refractivity contribution is 5.87. The summed E-state index contributed by atoms with van der Waals surface area (Å²) in [5.41, 5.74) is 0. The Hall–Kier alpha value is -2.12. The molecule has 0 spiro atoms. The van der Waals surface area contributed by atoms with Gasteiger partial charge in [-0.3, -0.25) is 9.59 Å². The Bertz CT molecular complexity index is 552. The lowest BCUT2D eigenvalue weighted by atomic mass is 10.1. The third-order valence-corrected chi connectivity index (χ3v) is 6.25. The van der Waals surface area contributed by atoms with Crippen LogP contribution in [-0.2, 0) is 28.7 Å². The van der Waals surface area contributed by atoms with Gasteiger partial charge in [0.15, 0.2) is 0 Å². The van der Waals surface area contributed by atoms with Crippen LogP contribution in [0.25, 0.3) is 0 Å². The summed E-state index contributed by atoms with van der Waals surface area (Å²) in [7, 11) is 0. The normalized spacial score (nSPS) is 12.6. The second kappa shape index (κ2) is 23.3. The van der Waals surface area contributed by atoms with Crippen LogP contribution in [0.2, 0.25) is 0 Å². The van der Waals surface area contributed by atoms with Gasteiger partial charge in [-0.05, 0) is 12.8 Å². The van der Waals surface area contributed by atoms with E-state index in [9.17, 15) is 29.4 Å². The van der Waals surface area contributed by atoms with Gasteiger partial charge < -0.3 is 19.7 Å². The van der Waals surface area contributed by atoms with Crippen LogP contribution >= 0.6 is 0 Å². The average molecular weight is 515 g/mol. The number of rotatable bonds is 25. The fourth-order valence-electron chi connectivity index (χ4n) is 4.04. The van der Waals surface area contributed by atoms with E-state index in [-0.39, 0.29) is 12.8 Å². The fraction of sp³-hybridized carbons (Fsp3) is 0.857. The van der Waals surface area contributed by atoms with Gasteiger partial charge in [0, 0.05) is 12.8 Å². The minimum atomic E-state index is -2.07. The van der Waals surface area contributed by atoms with E-state index in [2.05, 4.69) is 13.8 Å². The lowest BCUT2D eigenvalue weighted by Gasteiger charge is -2.21. The number of hydrogen-bond donors (Lipinski definition) is 2. The lowest BCUT2D eigenvalue weighted by molar-refractivity contribution is -0.187. The van der Waals surface area contributed by atoms with Gasteiger partial charge in [0.2, 0.25) is 12.2 Å². The Kier molecular flexibility index (Phi) is 21.9. The first-order chi connectivity index (χ1) is 17.3. The Morgan fingerprint density at radius 1 is 0.472 bits per heavy atom. The van der Waals surface area contributed by atoms with Gasteiger partial charge in [-0.25, -0.2) is 9.59 Å². The Morgan fingerprint density at radius 2 is 0.722 bits per heavy atom. The van der Waals surface area contributed by atoms with Crippen LogP contribution in [0.3, 0.4) is 0 Å². The van der Waals surface area contributed by atoms with E-state index in [4.69, 9.17) is 9.47 Å². The van der Waals surface area contributed by atoms with E-state index in [1.807, 2.05) is 0 Å². The van der Waals surface area contributed by atoms with Gasteiger partial charge in [-0.1, -0.05) is 117 Å². The zero-order chi connectivity index (χ0) is 27.0. The molecule has 0 rings (SSSR count). The van der Waals surface area contributed by atoms with E-state index in [0.717, 1.165) is 51.4 Å². The number of carbonyl (C=O) groups is 4. The molecule has 0 aromatic heterocycles. The minimum absolute atomic E-state index is 0.00164. The topological polar surface area (TPSA) is 127 Å². The molecular weight excluding hydrogens is 464 g/mol. The Morgan fingerprint density at radius 3 is 0.972 bits per heavy atom. The first kappa shape index (κ1) is 33.9. The van der Waals surface area contributed by atoms with Crippen molar-refractivity contribution in [2.75, 3.05) is 0 Å². The molecule has 0 aliphatic carbocycles. The van der Waals surface area contributed by atoms with Gasteiger partial charge in [-0.2, -0.15) is 0 Å². The molecule has 2 N–H and O–H groups in total. The molecule has 0 amide bonds. The molecule has 0 unspecified atom stereocenters. The van der Waals surface area contributed by atoms with Gasteiger partial charge in [-0.15, -0.1) is 0 Å². The summed E-state index contributed by atoms with van der Waals surface area (Å²) in [6, 6.07) is 0. The van der Waals surface area contributed by atoms with Gasteiger partial charge in [0.05, 0.1) is 0 Å². The van der Waals surface area contributed by atoms with Crippen molar-refractivity contribution in [1.82, 2.24) is 0 Å². The highest BCUT2D eigenvalue weighted by Crippen LogP contribution is 2.15. The summed E-state index contributed by atoms with van der Waals surface area (Å²) in [5, 5.41) is 18.8. The molecule has 0 heterocycles. The maximum absolute atomic E-state index is 12.1. The fourth-order valence-corrected chi connectivity index (χ4v) is 4.04. The number of ether oxygens (including phenoxy) is 2. The molecule has 0 aliphatic rings. The van der Waals surface area contributed by atoms with E-state index < -0.39 is 36.1 Å². The zero-order valence-corrected chi connectivity index (χ0v) is 22.6. The van der Waals surface area contributed by atoms with Gasteiger partial charge in [0.1, 0.15) is 0 Å². The summed E-state index contributed by atoms with van der Waals surface area (Å²) in [4.78, 5) is 47.4. The van der Waals surface area contributed by atoms with Crippen molar-refractivity contribution in [2.24, 2.45) is 0 Å². The third-order valence-electron chi connectivity index (χ3n) is 6.25. The van der Waals surface area contributed by atoms with Crippen molar-refractivity contribution >= 4 is 23.9 Å². The molecule has 0 saturated carbocycles. The number of hydrogen-bond acceptors (Lipinski definition) is 6. The SMILES string of the molecule is CCCCCCCCCCCC(=O)O[C@@H](C(=O)O)[C@@H](OC(=O)CCCCCCCCCCC)C(=O)O. The van der Waals surface area contributed by atoms with Crippen LogP contribution in [0.15, 0.2) is 0 Å². The molecule has 2 atom stereocenters. The molecule has 0 aromatic carbocycles. The molecule has 0 aromatic rings. The Balaban J connectivity index is 4.29. The predicted molar refractivity (Wildman–Crippen MR) is 139 cm³/mol.